The Morgan fingerprint density at radius 3 is 1.74 bits per heavy atom. The number of fused-ring (bicyclic) bond motifs is 6. The summed E-state index contributed by atoms with van der Waals surface area (Å²) in [5.41, 5.74) is 9.74. The molecule has 0 aliphatic heterocycles. The smallest absolute Gasteiger partial charge is 0.159 e. The van der Waals surface area contributed by atoms with E-state index in [-0.39, 0.29) is 0 Å². The molecule has 0 atom stereocenters. The third-order valence-electron chi connectivity index (χ3n) is 9.04. The van der Waals surface area contributed by atoms with Gasteiger partial charge in [-0.3, -0.25) is 0 Å². The Bertz CT molecular complexity index is 2530. The summed E-state index contributed by atoms with van der Waals surface area (Å²) in [5, 5.41) is 7.10. The Hall–Kier alpha value is -6.12. The van der Waals surface area contributed by atoms with Gasteiger partial charge in [0.15, 0.2) is 5.58 Å². The van der Waals surface area contributed by atoms with Gasteiger partial charge in [0.25, 0.3) is 0 Å². The lowest BCUT2D eigenvalue weighted by atomic mass is 9.97. The van der Waals surface area contributed by atoms with Crippen molar-refractivity contribution in [2.45, 2.75) is 0 Å². The zero-order valence-corrected chi connectivity index (χ0v) is 25.1. The highest BCUT2D eigenvalue weighted by Crippen LogP contribution is 2.46. The van der Waals surface area contributed by atoms with Gasteiger partial charge in [0.2, 0.25) is 0 Å². The van der Waals surface area contributed by atoms with Crippen molar-refractivity contribution in [3.8, 4) is 22.3 Å². The molecule has 1 aromatic heterocycles. The third-order valence-corrected chi connectivity index (χ3v) is 9.04. The molecule has 9 rings (SSSR count). The highest BCUT2D eigenvalue weighted by Gasteiger charge is 2.22. The number of anilines is 3. The Morgan fingerprint density at radius 2 is 0.935 bits per heavy atom. The van der Waals surface area contributed by atoms with Crippen LogP contribution in [0.15, 0.2) is 180 Å². The van der Waals surface area contributed by atoms with E-state index in [0.717, 1.165) is 39.0 Å². The largest absolute Gasteiger partial charge is 0.454 e. The van der Waals surface area contributed by atoms with E-state index in [9.17, 15) is 0 Å². The molecule has 0 saturated heterocycles. The first-order valence-corrected chi connectivity index (χ1v) is 15.7. The first-order valence-electron chi connectivity index (χ1n) is 15.7. The van der Waals surface area contributed by atoms with Crippen LogP contribution < -0.4 is 4.90 Å². The summed E-state index contributed by atoms with van der Waals surface area (Å²) in [6.45, 7) is 0. The molecule has 0 saturated carbocycles. The molecular formula is C44H29NO. The van der Waals surface area contributed by atoms with Gasteiger partial charge in [-0.15, -0.1) is 0 Å². The minimum atomic E-state index is 0.876. The molecule has 9 aromatic rings. The van der Waals surface area contributed by atoms with Crippen molar-refractivity contribution in [2.75, 3.05) is 4.90 Å². The van der Waals surface area contributed by atoms with Crippen LogP contribution in [-0.4, -0.2) is 0 Å². The summed E-state index contributed by atoms with van der Waals surface area (Å²) < 4.78 is 6.61. The van der Waals surface area contributed by atoms with Gasteiger partial charge in [-0.25, -0.2) is 0 Å². The minimum Gasteiger partial charge on any atom is -0.454 e. The SMILES string of the molecule is c1ccc(-c2cccc(-c3ccc(N(c4cc5ccccc5c5ccccc45)c4cccc5c4oc4ccccc45)cc3)c2)cc1. The van der Waals surface area contributed by atoms with Gasteiger partial charge in [0.1, 0.15) is 5.58 Å². The summed E-state index contributed by atoms with van der Waals surface area (Å²) in [7, 11) is 0. The number of hydrogen-bond donors (Lipinski definition) is 0. The van der Waals surface area contributed by atoms with Gasteiger partial charge in [0.05, 0.1) is 11.4 Å². The molecule has 0 N–H and O–H groups in total. The van der Waals surface area contributed by atoms with Crippen molar-refractivity contribution in [3.05, 3.63) is 176 Å². The van der Waals surface area contributed by atoms with Crippen LogP contribution in [0.25, 0.3) is 65.7 Å². The molecule has 0 bridgehead atoms. The Balaban J connectivity index is 1.26. The number of benzene rings is 8. The lowest BCUT2D eigenvalue weighted by Gasteiger charge is -2.27. The molecule has 2 nitrogen and oxygen atoms in total. The summed E-state index contributed by atoms with van der Waals surface area (Å²) in [4.78, 5) is 2.36. The van der Waals surface area contributed by atoms with Crippen LogP contribution >= 0.6 is 0 Å². The molecule has 0 aliphatic rings. The van der Waals surface area contributed by atoms with Crippen LogP contribution in [0.5, 0.6) is 0 Å². The third kappa shape index (κ3) is 4.35. The zero-order chi connectivity index (χ0) is 30.5. The molecule has 216 valence electrons. The van der Waals surface area contributed by atoms with E-state index >= 15 is 0 Å². The van der Waals surface area contributed by atoms with Gasteiger partial charge in [-0.2, -0.15) is 0 Å². The maximum Gasteiger partial charge on any atom is 0.159 e. The quantitative estimate of drug-likeness (QED) is 0.186. The fraction of sp³-hybridized carbons (Fsp3) is 0. The fourth-order valence-corrected chi connectivity index (χ4v) is 6.85. The normalized spacial score (nSPS) is 11.5. The Kier molecular flexibility index (Phi) is 6.17. The van der Waals surface area contributed by atoms with E-state index in [1.165, 1.54) is 43.8 Å². The molecule has 46 heavy (non-hydrogen) atoms. The summed E-state index contributed by atoms with van der Waals surface area (Å²) in [6, 6.07) is 62.7. The Morgan fingerprint density at radius 1 is 0.348 bits per heavy atom. The zero-order valence-electron chi connectivity index (χ0n) is 25.1. The van der Waals surface area contributed by atoms with E-state index in [4.69, 9.17) is 4.42 Å². The molecule has 0 aliphatic carbocycles. The van der Waals surface area contributed by atoms with Crippen LogP contribution in [0.4, 0.5) is 17.1 Å². The monoisotopic (exact) mass is 587 g/mol. The van der Waals surface area contributed by atoms with Gasteiger partial charge in [-0.05, 0) is 74.8 Å². The summed E-state index contributed by atoms with van der Waals surface area (Å²) >= 11 is 0. The average molecular weight is 588 g/mol. The second-order valence-electron chi connectivity index (χ2n) is 11.7. The number of hydrogen-bond acceptors (Lipinski definition) is 2. The first kappa shape index (κ1) is 26.3. The highest BCUT2D eigenvalue weighted by molar-refractivity contribution is 6.16. The second kappa shape index (κ2) is 10.8. The molecule has 0 radical (unpaired) electrons. The lowest BCUT2D eigenvalue weighted by molar-refractivity contribution is 0.669. The molecule has 0 spiro atoms. The van der Waals surface area contributed by atoms with Crippen LogP contribution in [0.3, 0.4) is 0 Å². The first-order chi connectivity index (χ1) is 22.8. The number of para-hydroxylation sites is 2. The molecule has 8 aromatic carbocycles. The molecule has 2 heteroatoms. The van der Waals surface area contributed by atoms with E-state index in [1.807, 2.05) is 12.1 Å². The summed E-state index contributed by atoms with van der Waals surface area (Å²) in [5.74, 6) is 0. The number of furan rings is 1. The van der Waals surface area contributed by atoms with Crippen molar-refractivity contribution < 1.29 is 4.42 Å². The van der Waals surface area contributed by atoms with Gasteiger partial charge >= 0.3 is 0 Å². The van der Waals surface area contributed by atoms with E-state index in [2.05, 4.69) is 169 Å². The number of rotatable bonds is 5. The fourth-order valence-electron chi connectivity index (χ4n) is 6.85. The van der Waals surface area contributed by atoms with Gasteiger partial charge in [-0.1, -0.05) is 140 Å². The van der Waals surface area contributed by atoms with Crippen LogP contribution in [0.1, 0.15) is 0 Å². The van der Waals surface area contributed by atoms with E-state index < -0.39 is 0 Å². The van der Waals surface area contributed by atoms with E-state index in [1.54, 1.807) is 0 Å². The minimum absolute atomic E-state index is 0.876. The Labute approximate surface area is 267 Å². The maximum atomic E-state index is 6.61. The standard InChI is InChI=1S/C44H29NO/c1-2-12-30(13-3-1)32-15-10-16-33(28-32)31-24-26-35(27-25-31)45(41-22-11-21-40-39-20-8-9-23-43(39)46-44(40)41)42-29-34-14-4-5-17-36(34)37-18-6-7-19-38(37)42/h1-29H. The van der Waals surface area contributed by atoms with Crippen molar-refractivity contribution in [1.82, 2.24) is 0 Å². The van der Waals surface area contributed by atoms with Crippen molar-refractivity contribution in [3.63, 3.8) is 0 Å². The molecular weight excluding hydrogens is 558 g/mol. The maximum absolute atomic E-state index is 6.61. The average Bonchev–Trinajstić information content (AvgIpc) is 3.52. The van der Waals surface area contributed by atoms with Crippen molar-refractivity contribution in [1.29, 1.82) is 0 Å². The lowest BCUT2D eigenvalue weighted by Crippen LogP contribution is -2.11. The highest BCUT2D eigenvalue weighted by atomic mass is 16.3. The van der Waals surface area contributed by atoms with Crippen LogP contribution in [-0.2, 0) is 0 Å². The predicted molar refractivity (Wildman–Crippen MR) is 194 cm³/mol. The summed E-state index contributed by atoms with van der Waals surface area (Å²) in [6.07, 6.45) is 0. The topological polar surface area (TPSA) is 16.4 Å². The van der Waals surface area contributed by atoms with E-state index in [0.29, 0.717) is 0 Å². The molecule has 0 amide bonds. The second-order valence-corrected chi connectivity index (χ2v) is 11.7. The van der Waals surface area contributed by atoms with Gasteiger partial charge in [0, 0.05) is 21.8 Å². The van der Waals surface area contributed by atoms with Crippen LogP contribution in [0, 0.1) is 0 Å². The van der Waals surface area contributed by atoms with Crippen LogP contribution in [0.2, 0.25) is 0 Å². The predicted octanol–water partition coefficient (Wildman–Crippen LogP) is 12.7. The van der Waals surface area contributed by atoms with Crippen molar-refractivity contribution >= 4 is 60.5 Å². The molecule has 0 fully saturated rings. The molecule has 1 heterocycles. The molecule has 0 unspecified atom stereocenters. The number of nitrogens with zero attached hydrogens (tertiary/aromatic N) is 1. The van der Waals surface area contributed by atoms with Crippen molar-refractivity contribution in [2.24, 2.45) is 0 Å². The van der Waals surface area contributed by atoms with Gasteiger partial charge < -0.3 is 9.32 Å².